The summed E-state index contributed by atoms with van der Waals surface area (Å²) in [5.41, 5.74) is -0.500. The van der Waals surface area contributed by atoms with Crippen LogP contribution in [0, 0.1) is 0 Å². The van der Waals surface area contributed by atoms with Crippen molar-refractivity contribution in [1.29, 1.82) is 0 Å². The number of ether oxygens (including phenoxy) is 1. The van der Waals surface area contributed by atoms with E-state index in [-0.39, 0.29) is 22.9 Å². The number of benzene rings is 2. The molecule has 3 rings (SSSR count). The van der Waals surface area contributed by atoms with Gasteiger partial charge in [0.2, 0.25) is 10.0 Å². The van der Waals surface area contributed by atoms with E-state index in [2.05, 4.69) is 5.32 Å². The number of carbonyl (C=O) groups excluding carboxylic acids is 1. The van der Waals surface area contributed by atoms with Crippen LogP contribution in [0.3, 0.4) is 0 Å². The molecule has 6 nitrogen and oxygen atoms in total. The van der Waals surface area contributed by atoms with Gasteiger partial charge in [0.25, 0.3) is 5.91 Å². The molecule has 156 valence electrons. The molecule has 0 bridgehead atoms. The third-order valence-corrected chi connectivity index (χ3v) is 6.53. The van der Waals surface area contributed by atoms with Crippen LogP contribution < -0.4 is 10.1 Å². The number of sulfonamides is 1. The zero-order chi connectivity index (χ0) is 21.1. The van der Waals surface area contributed by atoms with E-state index in [1.165, 1.54) is 28.6 Å². The molecule has 29 heavy (non-hydrogen) atoms. The number of hydrogen-bond acceptors (Lipinski definition) is 4. The van der Waals surface area contributed by atoms with Crippen LogP contribution in [0.25, 0.3) is 0 Å². The number of rotatable bonds is 7. The summed E-state index contributed by atoms with van der Waals surface area (Å²) < 4.78 is 61.6. The molecular formula is C20H22F2N2O4S. The van der Waals surface area contributed by atoms with Crippen LogP contribution in [0.15, 0.2) is 53.4 Å². The maximum Gasteiger partial charge on any atom is 0.350 e. The minimum Gasteiger partial charge on any atom is -0.492 e. The summed E-state index contributed by atoms with van der Waals surface area (Å²) in [4.78, 5) is 12.1. The second kappa shape index (κ2) is 8.46. The van der Waals surface area contributed by atoms with Crippen LogP contribution in [-0.2, 0) is 20.7 Å². The van der Waals surface area contributed by atoms with Gasteiger partial charge >= 0.3 is 5.92 Å². The van der Waals surface area contributed by atoms with Crippen molar-refractivity contribution in [2.24, 2.45) is 0 Å². The van der Waals surface area contributed by atoms with Crippen LogP contribution >= 0.6 is 0 Å². The predicted molar refractivity (Wildman–Crippen MR) is 105 cm³/mol. The van der Waals surface area contributed by atoms with Gasteiger partial charge in [-0.05, 0) is 38.0 Å². The monoisotopic (exact) mass is 424 g/mol. The minimum atomic E-state index is -3.87. The Bertz CT molecular complexity index is 975. The number of nitrogens with zero attached hydrogens (tertiary/aromatic N) is 1. The molecule has 1 saturated heterocycles. The van der Waals surface area contributed by atoms with Crippen LogP contribution in [0.1, 0.15) is 25.3 Å². The number of nitrogens with one attached hydrogen (secondary N) is 1. The molecule has 0 atom stereocenters. The fourth-order valence-corrected chi connectivity index (χ4v) is 4.79. The van der Waals surface area contributed by atoms with Crippen LogP contribution in [0.2, 0.25) is 0 Å². The Hall–Kier alpha value is -2.52. The number of carbonyl (C=O) groups is 1. The second-order valence-electron chi connectivity index (χ2n) is 6.60. The highest BCUT2D eigenvalue weighted by molar-refractivity contribution is 7.89. The highest BCUT2D eigenvalue weighted by atomic mass is 32.2. The van der Waals surface area contributed by atoms with Gasteiger partial charge in [0.15, 0.2) is 0 Å². The average Bonchev–Trinajstić information content (AvgIpc) is 3.25. The fraction of sp³-hybridized carbons (Fsp3) is 0.350. The lowest BCUT2D eigenvalue weighted by Crippen LogP contribution is -2.32. The minimum absolute atomic E-state index is 0.0492. The Morgan fingerprint density at radius 1 is 1.14 bits per heavy atom. The van der Waals surface area contributed by atoms with E-state index in [0.717, 1.165) is 31.0 Å². The summed E-state index contributed by atoms with van der Waals surface area (Å²) in [6.45, 7) is 2.72. The topological polar surface area (TPSA) is 75.7 Å². The summed E-state index contributed by atoms with van der Waals surface area (Å²) in [5.74, 6) is -5.20. The van der Waals surface area contributed by atoms with Crippen molar-refractivity contribution in [2.45, 2.75) is 30.6 Å². The summed E-state index contributed by atoms with van der Waals surface area (Å²) in [6, 6.07) is 10.6. The maximum atomic E-state index is 14.5. The van der Waals surface area contributed by atoms with Crippen LogP contribution in [0.4, 0.5) is 14.5 Å². The number of hydrogen-bond donors (Lipinski definition) is 1. The van der Waals surface area contributed by atoms with Gasteiger partial charge in [0.05, 0.1) is 6.61 Å². The van der Waals surface area contributed by atoms with Crippen molar-refractivity contribution in [3.8, 4) is 5.75 Å². The number of halogens is 2. The van der Waals surface area contributed by atoms with Crippen molar-refractivity contribution >= 4 is 21.6 Å². The largest absolute Gasteiger partial charge is 0.492 e. The molecule has 1 fully saturated rings. The molecule has 0 aliphatic carbocycles. The molecule has 0 unspecified atom stereocenters. The molecule has 1 aliphatic heterocycles. The Labute approximate surface area is 168 Å². The lowest BCUT2D eigenvalue weighted by molar-refractivity contribution is -0.140. The van der Waals surface area contributed by atoms with Gasteiger partial charge in [0, 0.05) is 24.3 Å². The van der Waals surface area contributed by atoms with Crippen molar-refractivity contribution in [2.75, 3.05) is 25.0 Å². The number of anilines is 1. The SMILES string of the molecule is CCOc1ccc(NC(=O)C(F)(F)c2ccccc2)cc1S(=O)(=O)N1CCCC1. The number of alkyl halides is 2. The lowest BCUT2D eigenvalue weighted by Gasteiger charge is -2.20. The highest BCUT2D eigenvalue weighted by Gasteiger charge is 2.41. The van der Waals surface area contributed by atoms with Crippen molar-refractivity contribution in [1.82, 2.24) is 4.31 Å². The van der Waals surface area contributed by atoms with Gasteiger partial charge in [-0.1, -0.05) is 30.3 Å². The van der Waals surface area contributed by atoms with E-state index < -0.39 is 27.4 Å². The van der Waals surface area contributed by atoms with Gasteiger partial charge in [0.1, 0.15) is 10.6 Å². The molecule has 1 heterocycles. The predicted octanol–water partition coefficient (Wildman–Crippen LogP) is 3.60. The average molecular weight is 424 g/mol. The first-order valence-electron chi connectivity index (χ1n) is 9.28. The second-order valence-corrected chi connectivity index (χ2v) is 8.51. The van der Waals surface area contributed by atoms with E-state index in [4.69, 9.17) is 4.74 Å². The zero-order valence-corrected chi connectivity index (χ0v) is 16.7. The van der Waals surface area contributed by atoms with E-state index >= 15 is 0 Å². The lowest BCUT2D eigenvalue weighted by atomic mass is 10.1. The van der Waals surface area contributed by atoms with Crippen molar-refractivity contribution < 1.29 is 26.7 Å². The Balaban J connectivity index is 1.92. The molecule has 1 amide bonds. The molecule has 0 radical (unpaired) electrons. The van der Waals surface area contributed by atoms with Gasteiger partial charge in [-0.3, -0.25) is 4.79 Å². The van der Waals surface area contributed by atoms with Gasteiger partial charge < -0.3 is 10.1 Å². The molecule has 1 aliphatic rings. The first kappa shape index (κ1) is 21.2. The van der Waals surface area contributed by atoms with Gasteiger partial charge in [-0.2, -0.15) is 13.1 Å². The van der Waals surface area contributed by atoms with Crippen molar-refractivity contribution in [3.63, 3.8) is 0 Å². The first-order valence-corrected chi connectivity index (χ1v) is 10.7. The standard InChI is InChI=1S/C20H22F2N2O4S/c1-2-28-17-11-10-16(14-18(17)29(26,27)24-12-6-7-13-24)23-19(25)20(21,22)15-8-4-3-5-9-15/h3-5,8-11,14H,2,6-7,12-13H2,1H3,(H,23,25). The molecule has 2 aromatic carbocycles. The quantitative estimate of drug-likeness (QED) is 0.737. The van der Waals surface area contributed by atoms with Crippen LogP contribution in [-0.4, -0.2) is 38.3 Å². The first-order chi connectivity index (χ1) is 13.8. The summed E-state index contributed by atoms with van der Waals surface area (Å²) in [5, 5.41) is 2.13. The molecule has 0 saturated carbocycles. The molecule has 0 aromatic heterocycles. The Morgan fingerprint density at radius 2 is 1.79 bits per heavy atom. The van der Waals surface area contributed by atoms with E-state index in [1.807, 2.05) is 0 Å². The van der Waals surface area contributed by atoms with Crippen molar-refractivity contribution in [3.05, 3.63) is 54.1 Å². The molecule has 1 N–H and O–H groups in total. The Morgan fingerprint density at radius 3 is 2.41 bits per heavy atom. The van der Waals surface area contributed by atoms with E-state index in [1.54, 1.807) is 13.0 Å². The molecule has 9 heteroatoms. The smallest absolute Gasteiger partial charge is 0.350 e. The third kappa shape index (κ3) is 4.40. The molecule has 2 aromatic rings. The van der Waals surface area contributed by atoms with E-state index in [9.17, 15) is 22.0 Å². The van der Waals surface area contributed by atoms with Crippen LogP contribution in [0.5, 0.6) is 5.75 Å². The van der Waals surface area contributed by atoms with E-state index in [0.29, 0.717) is 13.1 Å². The summed E-state index contributed by atoms with van der Waals surface area (Å²) >= 11 is 0. The molecule has 0 spiro atoms. The fourth-order valence-electron chi connectivity index (χ4n) is 3.12. The summed E-state index contributed by atoms with van der Waals surface area (Å²) in [7, 11) is -3.87. The summed E-state index contributed by atoms with van der Waals surface area (Å²) in [6.07, 6.45) is 1.51. The maximum absolute atomic E-state index is 14.5. The van der Waals surface area contributed by atoms with Gasteiger partial charge in [-0.25, -0.2) is 8.42 Å². The third-order valence-electron chi connectivity index (χ3n) is 4.61. The zero-order valence-electron chi connectivity index (χ0n) is 15.9. The van der Waals surface area contributed by atoms with Gasteiger partial charge in [-0.15, -0.1) is 0 Å². The normalized spacial score (nSPS) is 15.3. The Kier molecular flexibility index (Phi) is 6.18. The number of amides is 1. The highest BCUT2D eigenvalue weighted by Crippen LogP contribution is 2.33. The molecular weight excluding hydrogens is 402 g/mol.